The van der Waals surface area contributed by atoms with E-state index in [0.29, 0.717) is 59.7 Å². The van der Waals surface area contributed by atoms with E-state index in [9.17, 15) is 14.7 Å². The summed E-state index contributed by atoms with van der Waals surface area (Å²) in [5.41, 5.74) is 1.03. The zero-order chi connectivity index (χ0) is 25.7. The van der Waals surface area contributed by atoms with E-state index in [1.165, 1.54) is 4.90 Å². The molecule has 0 aliphatic carbocycles. The third kappa shape index (κ3) is 5.86. The molecule has 1 amide bonds. The molecule has 4 rings (SSSR count). The Morgan fingerprint density at radius 1 is 1.08 bits per heavy atom. The molecular weight excluding hydrogens is 503 g/mol. The molecule has 2 fully saturated rings. The largest absolute Gasteiger partial charge is 0.507 e. The molecule has 192 valence electrons. The van der Waals surface area contributed by atoms with Crippen LogP contribution < -0.4 is 4.74 Å². The van der Waals surface area contributed by atoms with E-state index < -0.39 is 17.7 Å². The minimum absolute atomic E-state index is 0.0254. The van der Waals surface area contributed by atoms with Crippen molar-refractivity contribution >= 4 is 40.7 Å². The Bertz CT molecular complexity index is 1150. The summed E-state index contributed by atoms with van der Waals surface area (Å²) in [6.07, 6.45) is 1.51. The number of amides is 1. The number of aliphatic hydroxyl groups excluding tert-OH is 1. The maximum atomic E-state index is 13.3. The Labute approximate surface area is 221 Å². The van der Waals surface area contributed by atoms with E-state index in [4.69, 9.17) is 32.7 Å². The number of likely N-dealkylation sites (tertiary alicyclic amines) is 1. The van der Waals surface area contributed by atoms with Gasteiger partial charge in [-0.3, -0.25) is 14.5 Å². The highest BCUT2D eigenvalue weighted by Crippen LogP contribution is 2.41. The third-order valence-electron chi connectivity index (χ3n) is 6.36. The monoisotopic (exact) mass is 532 g/mol. The summed E-state index contributed by atoms with van der Waals surface area (Å²) in [7, 11) is 0. The highest BCUT2D eigenvalue weighted by atomic mass is 35.5. The lowest BCUT2D eigenvalue weighted by Crippen LogP contribution is -2.38. The summed E-state index contributed by atoms with van der Waals surface area (Å²) >= 11 is 12.4. The minimum Gasteiger partial charge on any atom is -0.507 e. The molecule has 0 bridgehead atoms. The standard InChI is InChI=1S/C27H30Cl2N2O5/c1-2-13-36-20-6-3-5-19(16-20)25(32)23-24(18-7-8-21(28)22(29)17-18)31(27(34)26(23)33)10-4-9-30-11-14-35-15-12-30/h3,5-8,16-17,24,32H,2,4,9-15H2,1H3/b25-23+. The molecule has 2 aliphatic rings. The van der Waals surface area contributed by atoms with Crippen LogP contribution in [0.5, 0.6) is 5.75 Å². The van der Waals surface area contributed by atoms with Crippen molar-refractivity contribution in [2.24, 2.45) is 0 Å². The number of nitrogens with zero attached hydrogens (tertiary/aromatic N) is 2. The van der Waals surface area contributed by atoms with Crippen LogP contribution in [0.25, 0.3) is 5.76 Å². The molecule has 0 saturated carbocycles. The molecule has 2 saturated heterocycles. The van der Waals surface area contributed by atoms with Gasteiger partial charge in [0.25, 0.3) is 11.7 Å². The summed E-state index contributed by atoms with van der Waals surface area (Å²) < 4.78 is 11.1. The fourth-order valence-electron chi connectivity index (χ4n) is 4.54. The molecule has 1 unspecified atom stereocenters. The van der Waals surface area contributed by atoms with E-state index in [2.05, 4.69) is 4.90 Å². The Hall–Kier alpha value is -2.58. The predicted molar refractivity (Wildman–Crippen MR) is 140 cm³/mol. The van der Waals surface area contributed by atoms with Gasteiger partial charge in [-0.2, -0.15) is 0 Å². The lowest BCUT2D eigenvalue weighted by molar-refractivity contribution is -0.140. The van der Waals surface area contributed by atoms with Gasteiger partial charge in [0.15, 0.2) is 0 Å². The number of carbonyl (C=O) groups is 2. The van der Waals surface area contributed by atoms with Crippen LogP contribution in [0.15, 0.2) is 48.0 Å². The second-order valence-corrected chi connectivity index (χ2v) is 9.66. The minimum atomic E-state index is -0.787. The first kappa shape index (κ1) is 26.5. The topological polar surface area (TPSA) is 79.3 Å². The Balaban J connectivity index is 1.69. The lowest BCUT2D eigenvalue weighted by atomic mass is 9.95. The molecule has 7 nitrogen and oxygen atoms in total. The number of halogens is 2. The summed E-state index contributed by atoms with van der Waals surface area (Å²) in [5, 5.41) is 12.0. The van der Waals surface area contributed by atoms with Gasteiger partial charge in [-0.1, -0.05) is 48.3 Å². The number of ketones is 1. The molecular formula is C27H30Cl2N2O5. The number of ether oxygens (including phenoxy) is 2. The molecule has 36 heavy (non-hydrogen) atoms. The quantitative estimate of drug-likeness (QED) is 0.280. The smallest absolute Gasteiger partial charge is 0.295 e. The van der Waals surface area contributed by atoms with Gasteiger partial charge >= 0.3 is 0 Å². The Kier molecular flexibility index (Phi) is 8.90. The average Bonchev–Trinajstić information content (AvgIpc) is 3.14. The van der Waals surface area contributed by atoms with E-state index in [1.54, 1.807) is 42.5 Å². The molecule has 1 N–H and O–H groups in total. The van der Waals surface area contributed by atoms with Crippen LogP contribution in [-0.4, -0.2) is 72.6 Å². The van der Waals surface area contributed by atoms with Gasteiger partial charge in [0, 0.05) is 31.7 Å². The molecule has 2 aliphatic heterocycles. The van der Waals surface area contributed by atoms with Gasteiger partial charge in [0.05, 0.1) is 41.5 Å². The normalized spacial score (nSPS) is 20.2. The fraction of sp³-hybridized carbons (Fsp3) is 0.407. The molecule has 2 heterocycles. The second kappa shape index (κ2) is 12.1. The molecule has 0 radical (unpaired) electrons. The van der Waals surface area contributed by atoms with Crippen molar-refractivity contribution < 1.29 is 24.2 Å². The third-order valence-corrected chi connectivity index (χ3v) is 7.10. The Morgan fingerprint density at radius 3 is 2.58 bits per heavy atom. The first-order chi connectivity index (χ1) is 17.4. The number of rotatable bonds is 9. The van der Waals surface area contributed by atoms with Crippen LogP contribution in [0.3, 0.4) is 0 Å². The lowest BCUT2D eigenvalue weighted by Gasteiger charge is -2.29. The molecule has 2 aromatic carbocycles. The number of morpholine rings is 1. The molecule has 0 spiro atoms. The van der Waals surface area contributed by atoms with Crippen molar-refractivity contribution in [3.63, 3.8) is 0 Å². The van der Waals surface area contributed by atoms with Gasteiger partial charge in [-0.15, -0.1) is 0 Å². The number of hydrogen-bond donors (Lipinski definition) is 1. The zero-order valence-corrected chi connectivity index (χ0v) is 21.7. The molecule has 2 aromatic rings. The van der Waals surface area contributed by atoms with Gasteiger partial charge in [0.2, 0.25) is 0 Å². The van der Waals surface area contributed by atoms with Crippen molar-refractivity contribution in [3.05, 3.63) is 69.2 Å². The number of hydrogen-bond acceptors (Lipinski definition) is 6. The zero-order valence-electron chi connectivity index (χ0n) is 20.2. The van der Waals surface area contributed by atoms with E-state index in [-0.39, 0.29) is 11.3 Å². The highest BCUT2D eigenvalue weighted by molar-refractivity contribution is 6.46. The summed E-state index contributed by atoms with van der Waals surface area (Å²) in [6, 6.07) is 11.1. The average molecular weight is 533 g/mol. The van der Waals surface area contributed by atoms with Crippen LogP contribution >= 0.6 is 23.2 Å². The van der Waals surface area contributed by atoms with Crippen molar-refractivity contribution in [2.75, 3.05) is 46.0 Å². The van der Waals surface area contributed by atoms with Crippen molar-refractivity contribution in [1.82, 2.24) is 9.80 Å². The van der Waals surface area contributed by atoms with Crippen molar-refractivity contribution in [1.29, 1.82) is 0 Å². The maximum Gasteiger partial charge on any atom is 0.295 e. The van der Waals surface area contributed by atoms with Crippen molar-refractivity contribution in [3.8, 4) is 5.75 Å². The van der Waals surface area contributed by atoms with E-state index in [1.807, 2.05) is 6.92 Å². The van der Waals surface area contributed by atoms with Crippen LogP contribution in [0, 0.1) is 0 Å². The van der Waals surface area contributed by atoms with Crippen LogP contribution in [0.4, 0.5) is 0 Å². The predicted octanol–water partition coefficient (Wildman–Crippen LogP) is 4.93. The van der Waals surface area contributed by atoms with E-state index in [0.717, 1.165) is 26.1 Å². The first-order valence-corrected chi connectivity index (χ1v) is 12.9. The summed E-state index contributed by atoms with van der Waals surface area (Å²) in [4.78, 5) is 30.2. The van der Waals surface area contributed by atoms with Crippen LogP contribution in [0.2, 0.25) is 10.0 Å². The molecule has 0 aromatic heterocycles. The first-order valence-electron chi connectivity index (χ1n) is 12.2. The van der Waals surface area contributed by atoms with Crippen LogP contribution in [0.1, 0.15) is 36.9 Å². The molecule has 9 heteroatoms. The second-order valence-electron chi connectivity index (χ2n) is 8.85. The number of Topliss-reactive ketones (excluding diaryl/α,β-unsaturated/α-hetero) is 1. The molecule has 1 atom stereocenters. The van der Waals surface area contributed by atoms with Gasteiger partial charge in [0.1, 0.15) is 11.5 Å². The van der Waals surface area contributed by atoms with Crippen molar-refractivity contribution in [2.45, 2.75) is 25.8 Å². The Morgan fingerprint density at radius 2 is 1.86 bits per heavy atom. The maximum absolute atomic E-state index is 13.3. The summed E-state index contributed by atoms with van der Waals surface area (Å²) in [6.45, 7) is 6.71. The highest BCUT2D eigenvalue weighted by Gasteiger charge is 2.46. The van der Waals surface area contributed by atoms with Gasteiger partial charge in [-0.05, 0) is 42.7 Å². The van der Waals surface area contributed by atoms with Gasteiger partial charge in [-0.25, -0.2) is 0 Å². The van der Waals surface area contributed by atoms with Crippen LogP contribution in [-0.2, 0) is 14.3 Å². The fourth-order valence-corrected chi connectivity index (χ4v) is 4.84. The van der Waals surface area contributed by atoms with Gasteiger partial charge < -0.3 is 19.5 Å². The number of carbonyl (C=O) groups excluding carboxylic acids is 2. The number of benzene rings is 2. The SMILES string of the molecule is CCCOc1cccc(/C(O)=C2\C(=O)C(=O)N(CCCN3CCOCC3)C2c2ccc(Cl)c(Cl)c2)c1. The summed E-state index contributed by atoms with van der Waals surface area (Å²) in [5.74, 6) is -1.04. The van der Waals surface area contributed by atoms with E-state index >= 15 is 0 Å². The number of aliphatic hydroxyl groups is 1.